The first-order valence-electron chi connectivity index (χ1n) is 6.80. The Labute approximate surface area is 134 Å². The molecule has 0 aliphatic rings. The minimum atomic E-state index is -0.353. The molecule has 1 atom stereocenters. The number of carbonyl (C=O) groups excluding carboxylic acids is 2. The van der Waals surface area contributed by atoms with Gasteiger partial charge in [0, 0.05) is 19.8 Å². The van der Waals surface area contributed by atoms with Crippen LogP contribution in [0.4, 0.5) is 4.79 Å². The molecule has 0 fully saturated rings. The average molecular weight is 320 g/mol. The van der Waals surface area contributed by atoms with E-state index in [2.05, 4.69) is 10.6 Å². The molecule has 0 heterocycles. The van der Waals surface area contributed by atoms with E-state index >= 15 is 0 Å². The lowest BCUT2D eigenvalue weighted by molar-refractivity contribution is -0.120. The summed E-state index contributed by atoms with van der Waals surface area (Å²) in [4.78, 5) is 24.9. The molecule has 1 aromatic carbocycles. The molecule has 1 unspecified atom stereocenters. The summed E-state index contributed by atoms with van der Waals surface area (Å²) in [6.07, 6.45) is 0.124. The third kappa shape index (κ3) is 6.99. The van der Waals surface area contributed by atoms with Crippen molar-refractivity contribution in [3.05, 3.63) is 35.9 Å². The first-order chi connectivity index (χ1) is 10.5. The fourth-order valence-electron chi connectivity index (χ4n) is 1.57. The Morgan fingerprint density at radius 1 is 1.32 bits per heavy atom. The zero-order valence-electron chi connectivity index (χ0n) is 12.7. The van der Waals surface area contributed by atoms with Crippen LogP contribution in [0.5, 0.6) is 0 Å². The molecule has 0 bridgehead atoms. The summed E-state index contributed by atoms with van der Waals surface area (Å²) >= 11 is 1.48. The van der Waals surface area contributed by atoms with Crippen molar-refractivity contribution in [3.63, 3.8) is 0 Å². The third-order valence-corrected chi connectivity index (χ3v) is 3.91. The van der Waals surface area contributed by atoms with Gasteiger partial charge >= 0.3 is 6.03 Å². The molecule has 22 heavy (non-hydrogen) atoms. The zero-order chi connectivity index (χ0) is 16.4. The monoisotopic (exact) mass is 320 g/mol. The first-order valence-corrected chi connectivity index (χ1v) is 7.84. The number of benzene rings is 1. The number of hydrogen-bond acceptors (Lipinski definition) is 4. The van der Waals surface area contributed by atoms with Gasteiger partial charge in [0.1, 0.15) is 6.54 Å². The van der Waals surface area contributed by atoms with Crippen molar-refractivity contribution in [3.8, 4) is 6.07 Å². The summed E-state index contributed by atoms with van der Waals surface area (Å²) < 4.78 is 0. The molecule has 3 amide bonds. The van der Waals surface area contributed by atoms with Crippen LogP contribution in [0.15, 0.2) is 30.3 Å². The standard InChI is InChI=1S/C15H20N4O2S/c1-19(2)15(21)18-14(10-13(20)17-9-8-16)22-11-12-6-4-3-5-7-12/h3-7,14H,9-11H2,1-2H3,(H,17,20)(H,18,21). The van der Waals surface area contributed by atoms with Crippen LogP contribution in [0.3, 0.4) is 0 Å². The summed E-state index contributed by atoms with van der Waals surface area (Å²) in [7, 11) is 3.29. The number of nitrogens with one attached hydrogen (secondary N) is 2. The minimum absolute atomic E-state index is 0.0312. The quantitative estimate of drug-likeness (QED) is 0.589. The Morgan fingerprint density at radius 2 is 2.00 bits per heavy atom. The lowest BCUT2D eigenvalue weighted by Crippen LogP contribution is -2.42. The van der Waals surface area contributed by atoms with Crippen molar-refractivity contribution in [1.29, 1.82) is 5.26 Å². The predicted molar refractivity (Wildman–Crippen MR) is 87.0 cm³/mol. The molecule has 0 saturated heterocycles. The van der Waals surface area contributed by atoms with Gasteiger partial charge in [0.25, 0.3) is 0 Å². The van der Waals surface area contributed by atoms with Gasteiger partial charge in [-0.3, -0.25) is 4.79 Å². The fourth-order valence-corrected chi connectivity index (χ4v) is 2.61. The molecule has 1 aromatic rings. The van der Waals surface area contributed by atoms with Gasteiger partial charge in [-0.05, 0) is 5.56 Å². The number of urea groups is 1. The molecule has 0 radical (unpaired) electrons. The number of hydrogen-bond donors (Lipinski definition) is 2. The molecule has 6 nitrogen and oxygen atoms in total. The molecule has 0 aliphatic carbocycles. The molecule has 1 rings (SSSR count). The first kappa shape index (κ1) is 17.9. The maximum atomic E-state index is 11.8. The second-order valence-corrected chi connectivity index (χ2v) is 5.96. The molecular formula is C15H20N4O2S. The third-order valence-electron chi connectivity index (χ3n) is 2.72. The summed E-state index contributed by atoms with van der Waals surface area (Å²) in [5.74, 6) is 0.427. The Kier molecular flexibility index (Phi) is 7.86. The highest BCUT2D eigenvalue weighted by molar-refractivity contribution is 7.99. The lowest BCUT2D eigenvalue weighted by Gasteiger charge is -2.20. The zero-order valence-corrected chi connectivity index (χ0v) is 13.5. The highest BCUT2D eigenvalue weighted by Crippen LogP contribution is 2.18. The smallest absolute Gasteiger partial charge is 0.317 e. The van der Waals surface area contributed by atoms with Gasteiger partial charge in [-0.1, -0.05) is 30.3 Å². The maximum Gasteiger partial charge on any atom is 0.317 e. The van der Waals surface area contributed by atoms with Crippen molar-refractivity contribution >= 4 is 23.7 Å². The van der Waals surface area contributed by atoms with E-state index in [0.717, 1.165) is 5.56 Å². The number of nitrogens with zero attached hydrogens (tertiary/aromatic N) is 2. The van der Waals surface area contributed by atoms with E-state index in [9.17, 15) is 9.59 Å². The SMILES string of the molecule is CN(C)C(=O)NC(CC(=O)NCC#N)SCc1ccccc1. The molecule has 118 valence electrons. The van der Waals surface area contributed by atoms with Crippen LogP contribution in [0.2, 0.25) is 0 Å². The van der Waals surface area contributed by atoms with Gasteiger partial charge in [-0.2, -0.15) is 5.26 Å². The summed E-state index contributed by atoms with van der Waals surface area (Å²) in [5.41, 5.74) is 1.12. The number of nitriles is 1. The van der Waals surface area contributed by atoms with Crippen molar-refractivity contribution in [2.45, 2.75) is 17.5 Å². The number of amides is 3. The minimum Gasteiger partial charge on any atom is -0.343 e. The number of thioether (sulfide) groups is 1. The Hall–Kier alpha value is -2.20. The van der Waals surface area contributed by atoms with Crippen LogP contribution in [0.25, 0.3) is 0 Å². The Bertz CT molecular complexity index is 528. The molecule has 0 saturated carbocycles. The van der Waals surface area contributed by atoms with E-state index in [-0.39, 0.29) is 30.3 Å². The van der Waals surface area contributed by atoms with Crippen LogP contribution in [-0.2, 0) is 10.5 Å². The van der Waals surface area contributed by atoms with E-state index in [1.807, 2.05) is 36.4 Å². The normalized spacial score (nSPS) is 11.1. The molecule has 0 spiro atoms. The highest BCUT2D eigenvalue weighted by Gasteiger charge is 2.17. The number of carbonyl (C=O) groups is 2. The largest absolute Gasteiger partial charge is 0.343 e. The van der Waals surface area contributed by atoms with Crippen LogP contribution < -0.4 is 10.6 Å². The molecule has 0 aromatic heterocycles. The van der Waals surface area contributed by atoms with Gasteiger partial charge in [0.05, 0.1) is 17.9 Å². The van der Waals surface area contributed by atoms with Gasteiger partial charge in [0.2, 0.25) is 5.91 Å². The Morgan fingerprint density at radius 3 is 2.59 bits per heavy atom. The van der Waals surface area contributed by atoms with Gasteiger partial charge in [0.15, 0.2) is 0 Å². The van der Waals surface area contributed by atoms with E-state index in [0.29, 0.717) is 5.75 Å². The van der Waals surface area contributed by atoms with Crippen molar-refractivity contribution in [2.24, 2.45) is 0 Å². The Balaban J connectivity index is 2.59. The highest BCUT2D eigenvalue weighted by atomic mass is 32.2. The second kappa shape index (κ2) is 9.68. The van der Waals surface area contributed by atoms with Crippen molar-refractivity contribution in [2.75, 3.05) is 20.6 Å². The van der Waals surface area contributed by atoms with E-state index in [1.54, 1.807) is 14.1 Å². The van der Waals surface area contributed by atoms with Crippen LogP contribution in [0.1, 0.15) is 12.0 Å². The van der Waals surface area contributed by atoms with E-state index in [1.165, 1.54) is 16.7 Å². The van der Waals surface area contributed by atoms with Crippen LogP contribution in [-0.4, -0.2) is 42.9 Å². The topological polar surface area (TPSA) is 85.2 Å². The molecular weight excluding hydrogens is 300 g/mol. The molecule has 0 aliphatic heterocycles. The van der Waals surface area contributed by atoms with Gasteiger partial charge in [-0.25, -0.2) is 4.79 Å². The maximum absolute atomic E-state index is 11.8. The van der Waals surface area contributed by atoms with Crippen LogP contribution >= 0.6 is 11.8 Å². The summed E-state index contributed by atoms with van der Waals surface area (Å²) in [5, 5.41) is 13.4. The fraction of sp³-hybridized carbons (Fsp3) is 0.400. The summed E-state index contributed by atoms with van der Waals surface area (Å²) in [6.45, 7) is -0.0312. The molecule has 2 N–H and O–H groups in total. The van der Waals surface area contributed by atoms with Gasteiger partial charge < -0.3 is 15.5 Å². The van der Waals surface area contributed by atoms with E-state index in [4.69, 9.17) is 5.26 Å². The van der Waals surface area contributed by atoms with Crippen LogP contribution in [0, 0.1) is 11.3 Å². The number of rotatable bonds is 7. The van der Waals surface area contributed by atoms with Gasteiger partial charge in [-0.15, -0.1) is 11.8 Å². The lowest BCUT2D eigenvalue weighted by atomic mass is 10.2. The predicted octanol–water partition coefficient (Wildman–Crippen LogP) is 1.55. The van der Waals surface area contributed by atoms with E-state index < -0.39 is 0 Å². The van der Waals surface area contributed by atoms with Crippen molar-refractivity contribution < 1.29 is 9.59 Å². The average Bonchev–Trinajstić information content (AvgIpc) is 2.51. The summed E-state index contributed by atoms with van der Waals surface area (Å²) in [6, 6.07) is 11.4. The second-order valence-electron chi connectivity index (χ2n) is 4.77. The molecule has 7 heteroatoms. The van der Waals surface area contributed by atoms with Crippen molar-refractivity contribution in [1.82, 2.24) is 15.5 Å².